The van der Waals surface area contributed by atoms with Crippen molar-refractivity contribution in [2.24, 2.45) is 5.41 Å². The van der Waals surface area contributed by atoms with Gasteiger partial charge in [0.1, 0.15) is 19.8 Å². The van der Waals surface area contributed by atoms with E-state index in [1.807, 2.05) is 79.7 Å². The molecule has 0 heterocycles. The number of nitrogens with two attached hydrogens (primary N) is 3. The number of anilines is 3. The molecule has 0 aromatic heterocycles. The molecule has 12 heteroatoms. The Bertz CT molecular complexity index is 1230. The van der Waals surface area contributed by atoms with E-state index < -0.39 is 23.3 Å². The minimum atomic E-state index is -0.896. The molecule has 0 saturated heterocycles. The quantitative estimate of drug-likeness (QED) is 0.0399. The van der Waals surface area contributed by atoms with Gasteiger partial charge in [0.05, 0.1) is 24.7 Å². The van der Waals surface area contributed by atoms with E-state index >= 15 is 0 Å². The summed E-state index contributed by atoms with van der Waals surface area (Å²) < 4.78 is 16.9. The summed E-state index contributed by atoms with van der Waals surface area (Å²) in [6, 6.07) is 22.5. The number of benzene rings is 3. The first-order valence-corrected chi connectivity index (χ1v) is 16.3. The van der Waals surface area contributed by atoms with E-state index in [0.717, 1.165) is 16.7 Å². The fraction of sp³-hybridized carbons (Fsp3) is 0.417. The maximum atomic E-state index is 12.6. The third kappa shape index (κ3) is 14.8. The second kappa shape index (κ2) is 20.6. The predicted molar refractivity (Wildman–Crippen MR) is 187 cm³/mol. The summed E-state index contributed by atoms with van der Waals surface area (Å²) in [5, 5.41) is 9.64. The van der Waals surface area contributed by atoms with Gasteiger partial charge >= 0.3 is 17.9 Å². The van der Waals surface area contributed by atoms with Crippen molar-refractivity contribution in [3.05, 3.63) is 89.5 Å². The van der Waals surface area contributed by atoms with E-state index in [1.54, 1.807) is 0 Å². The van der Waals surface area contributed by atoms with Gasteiger partial charge in [0, 0.05) is 56.3 Å². The average Bonchev–Trinajstić information content (AvgIpc) is 3.09. The normalized spacial score (nSPS) is 11.2. The van der Waals surface area contributed by atoms with Crippen molar-refractivity contribution in [1.29, 1.82) is 0 Å². The van der Waals surface area contributed by atoms with Gasteiger partial charge in [0.2, 0.25) is 0 Å². The van der Waals surface area contributed by atoms with E-state index in [2.05, 4.69) is 16.0 Å². The number of hydrogen-bond donors (Lipinski definition) is 6. The molecular weight excluding hydrogens is 612 g/mol. The van der Waals surface area contributed by atoms with Crippen LogP contribution in [0.4, 0.5) is 17.1 Å². The second-order valence-corrected chi connectivity index (χ2v) is 11.8. The van der Waals surface area contributed by atoms with Gasteiger partial charge < -0.3 is 47.4 Å². The highest BCUT2D eigenvalue weighted by atomic mass is 16.6. The lowest BCUT2D eigenvalue weighted by atomic mass is 9.88. The van der Waals surface area contributed by atoms with E-state index in [4.69, 9.17) is 31.4 Å². The van der Waals surface area contributed by atoms with Crippen LogP contribution >= 0.6 is 0 Å². The number of carbonyl (C=O) groups excluding carboxylic acids is 3. The number of esters is 3. The molecule has 0 atom stereocenters. The molecule has 48 heavy (non-hydrogen) atoms. The van der Waals surface area contributed by atoms with E-state index in [9.17, 15) is 14.4 Å². The van der Waals surface area contributed by atoms with Crippen LogP contribution in [0, 0.1) is 5.41 Å². The van der Waals surface area contributed by atoms with Crippen LogP contribution in [0.2, 0.25) is 0 Å². The van der Waals surface area contributed by atoms with Crippen LogP contribution in [-0.2, 0) is 48.2 Å². The first-order valence-electron chi connectivity index (χ1n) is 16.3. The summed E-state index contributed by atoms with van der Waals surface area (Å²) in [5.74, 6) is -1.22. The summed E-state index contributed by atoms with van der Waals surface area (Å²) in [5.41, 5.74) is 21.5. The number of hydrogen-bond acceptors (Lipinski definition) is 12. The fourth-order valence-electron chi connectivity index (χ4n) is 4.52. The zero-order valence-electron chi connectivity index (χ0n) is 27.8. The van der Waals surface area contributed by atoms with Gasteiger partial charge in [-0.1, -0.05) is 43.3 Å². The Morgan fingerprint density at radius 1 is 0.521 bits per heavy atom. The first kappa shape index (κ1) is 37.8. The third-order valence-electron chi connectivity index (χ3n) is 7.81. The summed E-state index contributed by atoms with van der Waals surface area (Å²) in [6.07, 6.45) is 0.885. The Hall–Kier alpha value is -4.65. The van der Waals surface area contributed by atoms with E-state index in [0.29, 0.717) is 62.8 Å². The van der Waals surface area contributed by atoms with Gasteiger partial charge in [-0.25, -0.2) is 0 Å². The average molecular weight is 663 g/mol. The zero-order chi connectivity index (χ0) is 34.6. The summed E-state index contributed by atoms with van der Waals surface area (Å²) in [7, 11) is 0. The number of ether oxygens (including phenoxy) is 3. The Kier molecular flexibility index (Phi) is 16.2. The van der Waals surface area contributed by atoms with Gasteiger partial charge in [-0.2, -0.15) is 0 Å². The molecule has 3 aromatic rings. The van der Waals surface area contributed by atoms with Crippen LogP contribution in [0.25, 0.3) is 0 Å². The molecule has 0 bridgehead atoms. The Morgan fingerprint density at radius 3 is 1.04 bits per heavy atom. The number of rotatable bonds is 22. The molecule has 3 rings (SSSR count). The summed E-state index contributed by atoms with van der Waals surface area (Å²) in [4.78, 5) is 37.9. The van der Waals surface area contributed by atoms with Crippen molar-refractivity contribution in [1.82, 2.24) is 16.0 Å². The number of carbonyl (C=O) groups is 3. The van der Waals surface area contributed by atoms with Crippen LogP contribution < -0.4 is 33.2 Å². The van der Waals surface area contributed by atoms with Gasteiger partial charge in [-0.05, 0) is 59.5 Å². The smallest absolute Gasteiger partial charge is 0.307 e. The third-order valence-corrected chi connectivity index (χ3v) is 7.81. The molecule has 0 aliphatic heterocycles. The monoisotopic (exact) mass is 662 g/mol. The number of nitrogens with one attached hydrogen (secondary N) is 3. The fourth-order valence-corrected chi connectivity index (χ4v) is 4.52. The molecule has 0 radical (unpaired) electrons. The standard InChI is InChI=1S/C36H50N6O6/c1-2-36(24-46-33(43)15-18-40-21-27-3-9-30(37)10-4-27,25-47-34(44)16-19-41-22-28-5-11-31(38)12-6-28)26-48-35(45)17-20-42-23-29-7-13-32(39)14-8-29/h3-14,40-42H,2,15-26,37-39H2,1H3. The van der Waals surface area contributed by atoms with Crippen LogP contribution in [-0.4, -0.2) is 57.4 Å². The van der Waals surface area contributed by atoms with Crippen LogP contribution in [0.3, 0.4) is 0 Å². The molecule has 260 valence electrons. The minimum absolute atomic E-state index is 0.0639. The lowest BCUT2D eigenvalue weighted by molar-refractivity contribution is -0.162. The summed E-state index contributed by atoms with van der Waals surface area (Å²) >= 11 is 0. The molecule has 9 N–H and O–H groups in total. The van der Waals surface area contributed by atoms with Crippen LogP contribution in [0.1, 0.15) is 49.3 Å². The molecule has 0 aliphatic rings. The SMILES string of the molecule is CCC(COC(=O)CCNCc1ccc(N)cc1)(COC(=O)CCNCc1ccc(N)cc1)COC(=O)CCNCc1ccc(N)cc1. The minimum Gasteiger partial charge on any atom is -0.465 e. The second-order valence-electron chi connectivity index (χ2n) is 11.8. The Morgan fingerprint density at radius 2 is 0.792 bits per heavy atom. The van der Waals surface area contributed by atoms with E-state index in [1.165, 1.54) is 0 Å². The molecule has 0 aliphatic carbocycles. The molecule has 12 nitrogen and oxygen atoms in total. The van der Waals surface area contributed by atoms with Gasteiger partial charge in [0.15, 0.2) is 0 Å². The highest BCUT2D eigenvalue weighted by Gasteiger charge is 2.34. The van der Waals surface area contributed by atoms with E-state index in [-0.39, 0.29) is 39.1 Å². The Balaban J connectivity index is 1.45. The largest absolute Gasteiger partial charge is 0.465 e. The van der Waals surface area contributed by atoms with Crippen molar-refractivity contribution >= 4 is 35.0 Å². The highest BCUT2D eigenvalue weighted by molar-refractivity contribution is 5.70. The van der Waals surface area contributed by atoms with Gasteiger partial charge in [-0.3, -0.25) is 14.4 Å². The zero-order valence-corrected chi connectivity index (χ0v) is 27.8. The lowest BCUT2D eigenvalue weighted by Gasteiger charge is -2.31. The molecule has 3 aromatic carbocycles. The molecule has 0 fully saturated rings. The van der Waals surface area contributed by atoms with Gasteiger partial charge in [0.25, 0.3) is 0 Å². The van der Waals surface area contributed by atoms with Crippen LogP contribution in [0.5, 0.6) is 0 Å². The van der Waals surface area contributed by atoms with Crippen LogP contribution in [0.15, 0.2) is 72.8 Å². The van der Waals surface area contributed by atoms with Crippen molar-refractivity contribution in [3.63, 3.8) is 0 Å². The summed E-state index contributed by atoms with van der Waals surface area (Å²) in [6.45, 7) is 4.69. The lowest BCUT2D eigenvalue weighted by Crippen LogP contribution is -2.39. The van der Waals surface area contributed by atoms with Gasteiger partial charge in [-0.15, -0.1) is 0 Å². The number of nitrogen functional groups attached to an aromatic ring is 3. The highest BCUT2D eigenvalue weighted by Crippen LogP contribution is 2.25. The first-order chi connectivity index (χ1) is 23.2. The molecule has 0 saturated carbocycles. The van der Waals surface area contributed by atoms with Crippen molar-refractivity contribution in [2.45, 2.75) is 52.2 Å². The molecule has 0 amide bonds. The van der Waals surface area contributed by atoms with Crippen molar-refractivity contribution in [3.8, 4) is 0 Å². The maximum absolute atomic E-state index is 12.6. The Labute approximate surface area is 283 Å². The molecule has 0 unspecified atom stereocenters. The van der Waals surface area contributed by atoms with Crippen molar-refractivity contribution < 1.29 is 28.6 Å². The topological polar surface area (TPSA) is 193 Å². The molecular formula is C36H50N6O6. The molecule has 0 spiro atoms. The maximum Gasteiger partial charge on any atom is 0.307 e. The van der Waals surface area contributed by atoms with Crippen molar-refractivity contribution in [2.75, 3.05) is 56.7 Å². The predicted octanol–water partition coefficient (Wildman–Crippen LogP) is 3.30.